The van der Waals surface area contributed by atoms with Gasteiger partial charge < -0.3 is 63.5 Å². The SMILES string of the molecule is COc1cc(-c2oc3c(OC)c(O)c(OC)c(OC)c3c(=O)c2O[C@@H]2O[C@H](CO)[C@@H](O)[C@H](O)[C@H]2O)ccc1O. The van der Waals surface area contributed by atoms with Crippen LogP contribution in [0.5, 0.6) is 40.2 Å². The molecule has 1 aliphatic rings. The molecular formula is C25H28O14. The summed E-state index contributed by atoms with van der Waals surface area (Å²) in [5.41, 5.74) is -1.02. The van der Waals surface area contributed by atoms with Crippen LogP contribution in [0, 0.1) is 0 Å². The van der Waals surface area contributed by atoms with Gasteiger partial charge in [-0.25, -0.2) is 0 Å². The minimum atomic E-state index is -1.86. The number of aliphatic hydroxyl groups is 4. The quantitative estimate of drug-likeness (QED) is 0.219. The largest absolute Gasteiger partial charge is 0.504 e. The summed E-state index contributed by atoms with van der Waals surface area (Å²) in [6.07, 6.45) is -8.41. The van der Waals surface area contributed by atoms with E-state index in [0.29, 0.717) is 0 Å². The topological polar surface area (TPSA) is 207 Å². The lowest BCUT2D eigenvalue weighted by Crippen LogP contribution is -2.60. The van der Waals surface area contributed by atoms with Crippen LogP contribution < -0.4 is 29.1 Å². The Balaban J connectivity index is 2.05. The van der Waals surface area contributed by atoms with Gasteiger partial charge in [0.25, 0.3) is 0 Å². The van der Waals surface area contributed by atoms with Crippen LogP contribution in [-0.4, -0.2) is 96.4 Å². The molecule has 0 spiro atoms. The first-order valence-electron chi connectivity index (χ1n) is 11.5. The molecule has 14 heteroatoms. The van der Waals surface area contributed by atoms with Gasteiger partial charge >= 0.3 is 0 Å². The monoisotopic (exact) mass is 552 g/mol. The highest BCUT2D eigenvalue weighted by Gasteiger charge is 2.45. The van der Waals surface area contributed by atoms with E-state index < -0.39 is 54.2 Å². The van der Waals surface area contributed by atoms with Crippen LogP contribution in [-0.2, 0) is 4.74 Å². The molecule has 212 valence electrons. The highest BCUT2D eigenvalue weighted by molar-refractivity contribution is 5.96. The molecule has 2 heterocycles. The van der Waals surface area contributed by atoms with Gasteiger partial charge in [-0.3, -0.25) is 4.79 Å². The fourth-order valence-electron chi connectivity index (χ4n) is 4.29. The van der Waals surface area contributed by atoms with Gasteiger partial charge in [0, 0.05) is 5.56 Å². The van der Waals surface area contributed by atoms with E-state index in [1.165, 1.54) is 46.6 Å². The molecule has 3 aromatic rings. The minimum absolute atomic E-state index is 0.0103. The molecule has 0 saturated carbocycles. The van der Waals surface area contributed by atoms with Gasteiger partial charge in [-0.2, -0.15) is 0 Å². The molecule has 0 bridgehead atoms. The zero-order valence-electron chi connectivity index (χ0n) is 21.3. The van der Waals surface area contributed by atoms with Crippen LogP contribution in [0.2, 0.25) is 0 Å². The molecule has 0 radical (unpaired) electrons. The van der Waals surface area contributed by atoms with Crippen molar-refractivity contribution in [3.05, 3.63) is 28.4 Å². The number of fused-ring (bicyclic) bond motifs is 1. The third-order valence-electron chi connectivity index (χ3n) is 6.28. The maximum atomic E-state index is 14.0. The van der Waals surface area contributed by atoms with Crippen LogP contribution >= 0.6 is 0 Å². The summed E-state index contributed by atoms with van der Waals surface area (Å²) in [6, 6.07) is 3.96. The molecule has 5 atom stereocenters. The number of ether oxygens (including phenoxy) is 6. The van der Waals surface area contributed by atoms with E-state index in [9.17, 15) is 35.4 Å². The predicted octanol–water partition coefficient (Wildman–Crippen LogP) is 0.0843. The van der Waals surface area contributed by atoms with E-state index >= 15 is 0 Å². The summed E-state index contributed by atoms with van der Waals surface area (Å²) >= 11 is 0. The molecule has 1 saturated heterocycles. The minimum Gasteiger partial charge on any atom is -0.504 e. The summed E-state index contributed by atoms with van der Waals surface area (Å²) < 4.78 is 38.2. The third-order valence-corrected chi connectivity index (χ3v) is 6.28. The zero-order chi connectivity index (χ0) is 28.6. The zero-order valence-corrected chi connectivity index (χ0v) is 21.3. The van der Waals surface area contributed by atoms with Gasteiger partial charge in [-0.1, -0.05) is 0 Å². The van der Waals surface area contributed by atoms with E-state index in [0.717, 1.165) is 0 Å². The van der Waals surface area contributed by atoms with Crippen LogP contribution in [0.15, 0.2) is 27.4 Å². The van der Waals surface area contributed by atoms with Crippen LogP contribution in [0.1, 0.15) is 0 Å². The maximum Gasteiger partial charge on any atom is 0.239 e. The first-order valence-corrected chi connectivity index (χ1v) is 11.5. The molecule has 1 fully saturated rings. The summed E-state index contributed by atoms with van der Waals surface area (Å²) in [4.78, 5) is 14.0. The Kier molecular flexibility index (Phi) is 7.94. The van der Waals surface area contributed by atoms with Crippen LogP contribution in [0.4, 0.5) is 0 Å². The molecule has 1 aliphatic heterocycles. The van der Waals surface area contributed by atoms with Crippen molar-refractivity contribution in [3.8, 4) is 51.6 Å². The Hall–Kier alpha value is -3.95. The lowest BCUT2D eigenvalue weighted by molar-refractivity contribution is -0.277. The average Bonchev–Trinajstić information content (AvgIpc) is 2.94. The summed E-state index contributed by atoms with van der Waals surface area (Å²) in [7, 11) is 4.98. The van der Waals surface area contributed by atoms with Crippen molar-refractivity contribution in [1.29, 1.82) is 0 Å². The number of phenols is 2. The van der Waals surface area contributed by atoms with Crippen LogP contribution in [0.3, 0.4) is 0 Å². The average molecular weight is 552 g/mol. The number of methoxy groups -OCH3 is 4. The lowest BCUT2D eigenvalue weighted by Gasteiger charge is -2.39. The molecule has 0 unspecified atom stereocenters. The smallest absolute Gasteiger partial charge is 0.239 e. The van der Waals surface area contributed by atoms with Crippen molar-refractivity contribution in [2.24, 2.45) is 0 Å². The van der Waals surface area contributed by atoms with Crippen molar-refractivity contribution in [2.75, 3.05) is 35.0 Å². The van der Waals surface area contributed by atoms with E-state index in [-0.39, 0.29) is 51.0 Å². The molecule has 39 heavy (non-hydrogen) atoms. The number of aliphatic hydroxyl groups excluding tert-OH is 4. The van der Waals surface area contributed by atoms with Gasteiger partial charge in [-0.15, -0.1) is 0 Å². The first-order chi connectivity index (χ1) is 18.6. The van der Waals surface area contributed by atoms with Gasteiger partial charge in [0.05, 0.1) is 35.0 Å². The number of phenolic OH excluding ortho intramolecular Hbond substituents is 2. The van der Waals surface area contributed by atoms with Crippen molar-refractivity contribution in [2.45, 2.75) is 30.7 Å². The Morgan fingerprint density at radius 1 is 0.846 bits per heavy atom. The van der Waals surface area contributed by atoms with E-state index in [1.54, 1.807) is 0 Å². The fraction of sp³-hybridized carbons (Fsp3) is 0.400. The lowest BCUT2D eigenvalue weighted by atomic mass is 9.99. The number of hydrogen-bond acceptors (Lipinski definition) is 14. The number of rotatable bonds is 8. The summed E-state index contributed by atoms with van der Waals surface area (Å²) in [5, 5.41) is 61.0. The third kappa shape index (κ3) is 4.62. The second-order valence-corrected chi connectivity index (χ2v) is 8.44. The van der Waals surface area contributed by atoms with E-state index in [4.69, 9.17) is 32.8 Å². The molecule has 4 rings (SSSR count). The molecule has 14 nitrogen and oxygen atoms in total. The first kappa shape index (κ1) is 28.1. The summed E-state index contributed by atoms with van der Waals surface area (Å²) in [6.45, 7) is -0.735. The molecule has 6 N–H and O–H groups in total. The Labute approximate surface area is 220 Å². The van der Waals surface area contributed by atoms with Crippen molar-refractivity contribution in [1.82, 2.24) is 0 Å². The van der Waals surface area contributed by atoms with Gasteiger partial charge in [0.15, 0.2) is 28.6 Å². The Morgan fingerprint density at radius 2 is 1.51 bits per heavy atom. The van der Waals surface area contributed by atoms with Gasteiger partial charge in [0.1, 0.15) is 29.8 Å². The van der Waals surface area contributed by atoms with Crippen molar-refractivity contribution in [3.63, 3.8) is 0 Å². The normalized spacial score (nSPS) is 22.9. The number of hydrogen-bond donors (Lipinski definition) is 6. The number of aromatic hydroxyl groups is 2. The standard InChI is InChI=1S/C25H28O14/c1-33-11-7-9(5-6-10(11)27)19-24(39-25-17(31)16(30)14(28)12(8-26)37-25)15(29)13-20(34-2)22(35-3)18(32)23(36-4)21(13)38-19/h5-7,12,14,16-17,25-28,30-32H,8H2,1-4H3/t12-,14-,16+,17-,25+/m1/s1. The van der Waals surface area contributed by atoms with E-state index in [1.807, 2.05) is 0 Å². The summed E-state index contributed by atoms with van der Waals surface area (Å²) in [5.74, 6) is -2.32. The van der Waals surface area contributed by atoms with Crippen molar-refractivity contribution >= 4 is 11.0 Å². The highest BCUT2D eigenvalue weighted by Crippen LogP contribution is 2.51. The second kappa shape index (κ2) is 11.0. The molecule has 0 aliphatic carbocycles. The Morgan fingerprint density at radius 3 is 2.10 bits per heavy atom. The van der Waals surface area contributed by atoms with Crippen molar-refractivity contribution < 1.29 is 63.5 Å². The molecule has 0 amide bonds. The molecular weight excluding hydrogens is 524 g/mol. The second-order valence-electron chi connectivity index (χ2n) is 8.44. The maximum absolute atomic E-state index is 14.0. The predicted molar refractivity (Wildman–Crippen MR) is 132 cm³/mol. The van der Waals surface area contributed by atoms with Gasteiger partial charge in [0.2, 0.25) is 34.7 Å². The van der Waals surface area contributed by atoms with Gasteiger partial charge in [-0.05, 0) is 18.2 Å². The van der Waals surface area contributed by atoms with E-state index in [2.05, 4.69) is 0 Å². The highest BCUT2D eigenvalue weighted by atomic mass is 16.7. The Bertz CT molecular complexity index is 1410. The molecule has 2 aromatic carbocycles. The number of benzene rings is 2. The van der Waals surface area contributed by atoms with Crippen LogP contribution in [0.25, 0.3) is 22.3 Å². The molecule has 1 aromatic heterocycles. The fourth-order valence-corrected chi connectivity index (χ4v) is 4.29.